The fraction of sp³-hybridized carbons (Fsp3) is 0.421. The maximum absolute atomic E-state index is 13.0. The fourth-order valence-electron chi connectivity index (χ4n) is 3.82. The number of urea groups is 1. The molecule has 0 saturated carbocycles. The van der Waals surface area contributed by atoms with Crippen molar-refractivity contribution in [3.8, 4) is 5.75 Å². The molecule has 4 rings (SSSR count). The minimum absolute atomic E-state index is 0.225. The SMILES string of the molecule is COc1ccc(N2CCC[N+]3=C2N=C2C3C(=O)N(CC(C)=O)C(=O)N2C)cc1. The molecule has 3 aliphatic heterocycles. The van der Waals surface area contributed by atoms with Crippen LogP contribution in [0.15, 0.2) is 29.3 Å². The second-order valence-electron chi connectivity index (χ2n) is 7.04. The number of nitrogens with zero attached hydrogens (tertiary/aromatic N) is 5. The summed E-state index contributed by atoms with van der Waals surface area (Å²) in [5, 5.41) is 0. The number of carbonyl (C=O) groups is 3. The van der Waals surface area contributed by atoms with Gasteiger partial charge in [-0.25, -0.2) is 14.3 Å². The van der Waals surface area contributed by atoms with Crippen molar-refractivity contribution in [3.05, 3.63) is 24.3 Å². The number of amides is 3. The highest BCUT2D eigenvalue weighted by Gasteiger charge is 2.54. The van der Waals surface area contributed by atoms with Crippen LogP contribution in [-0.2, 0) is 9.59 Å². The summed E-state index contributed by atoms with van der Waals surface area (Å²) in [4.78, 5) is 46.2. The summed E-state index contributed by atoms with van der Waals surface area (Å²) in [7, 11) is 3.20. The summed E-state index contributed by atoms with van der Waals surface area (Å²) >= 11 is 0. The first-order chi connectivity index (χ1) is 13.4. The van der Waals surface area contributed by atoms with Gasteiger partial charge in [0, 0.05) is 13.5 Å². The number of carbonyl (C=O) groups excluding carboxylic acids is 3. The molecule has 1 saturated heterocycles. The molecule has 28 heavy (non-hydrogen) atoms. The third-order valence-electron chi connectivity index (χ3n) is 5.18. The van der Waals surface area contributed by atoms with Gasteiger partial charge in [-0.2, -0.15) is 0 Å². The summed E-state index contributed by atoms with van der Waals surface area (Å²) in [5.41, 5.74) is 0.936. The zero-order chi connectivity index (χ0) is 20.0. The lowest BCUT2D eigenvalue weighted by Gasteiger charge is -2.34. The van der Waals surface area contributed by atoms with E-state index >= 15 is 0 Å². The van der Waals surface area contributed by atoms with Gasteiger partial charge in [0.25, 0.3) is 5.91 Å². The normalized spacial score (nSPS) is 21.6. The number of aliphatic imine (C=N–C) groups is 1. The van der Waals surface area contributed by atoms with Crippen molar-refractivity contribution in [1.82, 2.24) is 9.80 Å². The maximum Gasteiger partial charge on any atom is 0.397 e. The lowest BCUT2D eigenvalue weighted by Crippen LogP contribution is -2.64. The van der Waals surface area contributed by atoms with Gasteiger partial charge in [-0.05, 0) is 31.2 Å². The number of amidine groups is 1. The van der Waals surface area contributed by atoms with Crippen LogP contribution in [0.25, 0.3) is 0 Å². The summed E-state index contributed by atoms with van der Waals surface area (Å²) in [6.45, 7) is 2.55. The third kappa shape index (κ3) is 2.74. The van der Waals surface area contributed by atoms with E-state index in [2.05, 4.69) is 4.99 Å². The van der Waals surface area contributed by atoms with Gasteiger partial charge in [-0.15, -0.1) is 0 Å². The van der Waals surface area contributed by atoms with E-state index in [9.17, 15) is 14.4 Å². The van der Waals surface area contributed by atoms with E-state index in [1.807, 2.05) is 33.7 Å². The average Bonchev–Trinajstić information content (AvgIpc) is 3.09. The predicted molar refractivity (Wildman–Crippen MR) is 102 cm³/mol. The zero-order valence-corrected chi connectivity index (χ0v) is 16.1. The van der Waals surface area contributed by atoms with Gasteiger partial charge in [0.05, 0.1) is 26.7 Å². The minimum atomic E-state index is -0.682. The molecule has 0 spiro atoms. The number of hydrogen-bond donors (Lipinski definition) is 0. The number of Topliss-reactive ketones (excluding diaryl/α,β-unsaturated/α-hetero) is 1. The van der Waals surface area contributed by atoms with Gasteiger partial charge < -0.3 is 4.74 Å². The number of ketones is 1. The lowest BCUT2D eigenvalue weighted by atomic mass is 10.1. The Morgan fingerprint density at radius 2 is 2.00 bits per heavy atom. The molecule has 9 nitrogen and oxygen atoms in total. The van der Waals surface area contributed by atoms with Crippen LogP contribution < -0.4 is 9.64 Å². The number of methoxy groups -OCH3 is 1. The smallest absolute Gasteiger partial charge is 0.397 e. The van der Waals surface area contributed by atoms with Crippen molar-refractivity contribution >= 4 is 35.2 Å². The van der Waals surface area contributed by atoms with Crippen LogP contribution in [0.2, 0.25) is 0 Å². The number of likely N-dealkylation sites (N-methyl/N-ethyl adjacent to an activating group) is 1. The summed E-state index contributed by atoms with van der Waals surface area (Å²) in [6.07, 6.45) is 0.840. The van der Waals surface area contributed by atoms with Crippen molar-refractivity contribution in [2.45, 2.75) is 19.4 Å². The van der Waals surface area contributed by atoms with Crippen molar-refractivity contribution in [2.24, 2.45) is 4.99 Å². The van der Waals surface area contributed by atoms with Gasteiger partial charge >= 0.3 is 12.0 Å². The van der Waals surface area contributed by atoms with Gasteiger partial charge in [0.2, 0.25) is 11.9 Å². The molecule has 146 valence electrons. The van der Waals surface area contributed by atoms with E-state index in [1.54, 1.807) is 14.2 Å². The van der Waals surface area contributed by atoms with Crippen LogP contribution >= 0.6 is 0 Å². The second kappa shape index (κ2) is 6.74. The minimum Gasteiger partial charge on any atom is -0.497 e. The summed E-state index contributed by atoms with van der Waals surface area (Å²) in [5.74, 6) is 1.17. The Bertz CT molecular complexity index is 921. The van der Waals surface area contributed by atoms with Crippen molar-refractivity contribution in [3.63, 3.8) is 0 Å². The van der Waals surface area contributed by atoms with Crippen molar-refractivity contribution < 1.29 is 23.7 Å². The number of guanidine groups is 1. The third-order valence-corrected chi connectivity index (χ3v) is 5.18. The van der Waals surface area contributed by atoms with Crippen LogP contribution in [0.3, 0.4) is 0 Å². The maximum atomic E-state index is 13.0. The Morgan fingerprint density at radius 1 is 1.29 bits per heavy atom. The summed E-state index contributed by atoms with van der Waals surface area (Å²) < 4.78 is 7.14. The van der Waals surface area contributed by atoms with Gasteiger partial charge in [-0.1, -0.05) is 4.99 Å². The summed E-state index contributed by atoms with van der Waals surface area (Å²) in [6, 6.07) is 6.43. The first-order valence-electron chi connectivity index (χ1n) is 9.14. The Hall–Kier alpha value is -3.23. The highest BCUT2D eigenvalue weighted by molar-refractivity contribution is 6.24. The quantitative estimate of drug-likeness (QED) is 0.708. The van der Waals surface area contributed by atoms with Crippen LogP contribution in [-0.4, -0.2) is 83.7 Å². The van der Waals surface area contributed by atoms with Crippen LogP contribution in [0.1, 0.15) is 13.3 Å². The Balaban J connectivity index is 1.73. The van der Waals surface area contributed by atoms with Gasteiger partial charge in [0.1, 0.15) is 17.2 Å². The van der Waals surface area contributed by atoms with Crippen LogP contribution in [0.5, 0.6) is 5.75 Å². The number of benzene rings is 1. The number of rotatable bonds is 4. The first kappa shape index (κ1) is 18.1. The number of imide groups is 1. The Kier molecular flexibility index (Phi) is 4.37. The van der Waals surface area contributed by atoms with Crippen LogP contribution in [0.4, 0.5) is 10.5 Å². The second-order valence-corrected chi connectivity index (χ2v) is 7.04. The topological polar surface area (TPSA) is 85.5 Å². The van der Waals surface area contributed by atoms with Gasteiger partial charge in [0.15, 0.2) is 0 Å². The van der Waals surface area contributed by atoms with E-state index in [4.69, 9.17) is 4.74 Å². The lowest BCUT2D eigenvalue weighted by molar-refractivity contribution is -0.539. The van der Waals surface area contributed by atoms with Gasteiger partial charge in [-0.3, -0.25) is 19.4 Å². The Morgan fingerprint density at radius 3 is 2.64 bits per heavy atom. The van der Waals surface area contributed by atoms with E-state index in [-0.39, 0.29) is 12.3 Å². The zero-order valence-electron chi connectivity index (χ0n) is 16.1. The standard InChI is InChI=1S/C19H22N5O4/c1-12(25)11-24-17(26)15-16(21(2)19(24)27)20-18-22(9-4-10-23(15)18)13-5-7-14(28-3)8-6-13/h5-8,15H,4,9-11H2,1-3H3/q+1. The molecule has 0 aromatic heterocycles. The van der Waals surface area contributed by atoms with Crippen molar-refractivity contribution in [1.29, 1.82) is 0 Å². The molecule has 3 aliphatic rings. The van der Waals surface area contributed by atoms with E-state index in [1.165, 1.54) is 11.8 Å². The molecule has 1 atom stereocenters. The highest BCUT2D eigenvalue weighted by Crippen LogP contribution is 2.27. The Labute approximate surface area is 162 Å². The predicted octanol–water partition coefficient (Wildman–Crippen LogP) is 0.538. The number of anilines is 1. The molecule has 1 unspecified atom stereocenters. The molecule has 0 bridgehead atoms. The van der Waals surface area contributed by atoms with E-state index < -0.39 is 18.0 Å². The number of hydrogen-bond acceptors (Lipinski definition) is 6. The molecular formula is C19H22N5O4+. The number of ether oxygens (including phenoxy) is 1. The largest absolute Gasteiger partial charge is 0.497 e. The fourth-order valence-corrected chi connectivity index (χ4v) is 3.82. The molecule has 1 aromatic carbocycles. The molecule has 0 aliphatic carbocycles. The van der Waals surface area contributed by atoms with E-state index in [0.29, 0.717) is 18.3 Å². The molecule has 3 heterocycles. The van der Waals surface area contributed by atoms with Crippen LogP contribution in [0, 0.1) is 0 Å². The average molecular weight is 384 g/mol. The van der Waals surface area contributed by atoms with Crippen molar-refractivity contribution in [2.75, 3.05) is 38.7 Å². The molecule has 1 aromatic rings. The molecule has 0 radical (unpaired) electrons. The molecule has 3 amide bonds. The molecule has 1 fully saturated rings. The molecule has 0 N–H and O–H groups in total. The first-order valence-corrected chi connectivity index (χ1v) is 9.14. The highest BCUT2D eigenvalue weighted by atomic mass is 16.5. The number of fused-ring (bicyclic) bond motifs is 2. The monoisotopic (exact) mass is 384 g/mol. The molecule has 9 heteroatoms. The van der Waals surface area contributed by atoms with E-state index in [0.717, 1.165) is 29.3 Å². The molecular weight excluding hydrogens is 362 g/mol.